The number of para-hydroxylation sites is 2. The lowest BCUT2D eigenvalue weighted by Gasteiger charge is -2.27. The zero-order chi connectivity index (χ0) is 26.2. The number of aliphatic hydroxyl groups is 1. The van der Waals surface area contributed by atoms with Crippen molar-refractivity contribution in [1.82, 2.24) is 4.57 Å². The van der Waals surface area contributed by atoms with Gasteiger partial charge in [0.15, 0.2) is 0 Å². The lowest BCUT2D eigenvalue weighted by atomic mass is 10.2. The van der Waals surface area contributed by atoms with Crippen molar-refractivity contribution >= 4 is 43.4 Å². The quantitative estimate of drug-likeness (QED) is 0.320. The van der Waals surface area contributed by atoms with Crippen molar-refractivity contribution in [2.45, 2.75) is 24.5 Å². The molecule has 5 rings (SSSR count). The van der Waals surface area contributed by atoms with Crippen molar-refractivity contribution in [2.24, 2.45) is 5.73 Å². The van der Waals surface area contributed by atoms with E-state index in [9.17, 15) is 18.3 Å². The molecule has 0 aliphatic carbocycles. The smallest absolute Gasteiger partial charge is 0.264 e. The largest absolute Gasteiger partial charge is 0.389 e. The molecule has 3 N–H and O–H groups in total. The first-order valence-electron chi connectivity index (χ1n) is 11.9. The van der Waals surface area contributed by atoms with Crippen LogP contribution >= 0.6 is 0 Å². The van der Waals surface area contributed by atoms with E-state index in [1.807, 2.05) is 60.0 Å². The Bertz CT molecular complexity index is 1640. The van der Waals surface area contributed by atoms with E-state index >= 15 is 0 Å². The van der Waals surface area contributed by atoms with Crippen molar-refractivity contribution < 1.29 is 18.3 Å². The van der Waals surface area contributed by atoms with Crippen LogP contribution in [0.5, 0.6) is 0 Å². The van der Waals surface area contributed by atoms with Crippen molar-refractivity contribution in [3.05, 3.63) is 108 Å². The van der Waals surface area contributed by atoms with Crippen LogP contribution in [0.3, 0.4) is 0 Å². The maximum Gasteiger partial charge on any atom is 0.264 e. The van der Waals surface area contributed by atoms with Crippen LogP contribution in [-0.2, 0) is 16.6 Å². The molecule has 5 aromatic rings. The lowest BCUT2D eigenvalue weighted by Crippen LogP contribution is -2.39. The summed E-state index contributed by atoms with van der Waals surface area (Å²) in [5.74, 6) is -0.606. The van der Waals surface area contributed by atoms with Crippen LogP contribution in [-0.4, -0.2) is 36.6 Å². The van der Waals surface area contributed by atoms with Gasteiger partial charge in [0.25, 0.3) is 10.0 Å². The van der Waals surface area contributed by atoms with Crippen LogP contribution < -0.4 is 10.0 Å². The number of aryl methyl sites for hydroxylation is 1. The predicted octanol–water partition coefficient (Wildman–Crippen LogP) is 4.46. The summed E-state index contributed by atoms with van der Waals surface area (Å²) in [5.41, 5.74) is 8.81. The maximum absolute atomic E-state index is 13.7. The van der Waals surface area contributed by atoms with E-state index < -0.39 is 22.0 Å². The summed E-state index contributed by atoms with van der Waals surface area (Å²) in [4.78, 5) is 11.7. The predicted molar refractivity (Wildman–Crippen MR) is 146 cm³/mol. The van der Waals surface area contributed by atoms with Gasteiger partial charge >= 0.3 is 0 Å². The van der Waals surface area contributed by atoms with Crippen molar-refractivity contribution in [2.75, 3.05) is 10.8 Å². The third kappa shape index (κ3) is 4.69. The number of aliphatic hydroxyl groups excluding tert-OH is 1. The topological polar surface area (TPSA) is 106 Å². The number of amides is 1. The second kappa shape index (κ2) is 9.72. The van der Waals surface area contributed by atoms with E-state index in [-0.39, 0.29) is 23.5 Å². The molecular formula is C29H27N3O4S. The molecular weight excluding hydrogens is 486 g/mol. The van der Waals surface area contributed by atoms with E-state index in [4.69, 9.17) is 5.73 Å². The number of carbonyl (C=O) groups excluding carboxylic acids is 1. The van der Waals surface area contributed by atoms with Gasteiger partial charge in [0.1, 0.15) is 0 Å². The number of nitrogens with zero attached hydrogens (tertiary/aromatic N) is 2. The van der Waals surface area contributed by atoms with E-state index in [0.717, 1.165) is 27.4 Å². The molecule has 0 fully saturated rings. The number of rotatable bonds is 8. The molecule has 0 spiro atoms. The van der Waals surface area contributed by atoms with Gasteiger partial charge in [-0.15, -0.1) is 0 Å². The minimum absolute atomic E-state index is 0.112. The Hall–Kier alpha value is -4.14. The molecule has 37 heavy (non-hydrogen) atoms. The molecule has 1 aromatic heterocycles. The lowest BCUT2D eigenvalue weighted by molar-refractivity contribution is 0.1000. The average molecular weight is 514 g/mol. The van der Waals surface area contributed by atoms with Crippen LogP contribution in [0.2, 0.25) is 0 Å². The Morgan fingerprint density at radius 3 is 1.95 bits per heavy atom. The van der Waals surface area contributed by atoms with E-state index in [1.54, 1.807) is 24.3 Å². The van der Waals surface area contributed by atoms with Crippen LogP contribution in [0.15, 0.2) is 102 Å². The number of anilines is 1. The average Bonchev–Trinajstić information content (AvgIpc) is 3.21. The summed E-state index contributed by atoms with van der Waals surface area (Å²) < 4.78 is 30.7. The van der Waals surface area contributed by atoms with Crippen molar-refractivity contribution in [3.63, 3.8) is 0 Å². The van der Waals surface area contributed by atoms with Crippen LogP contribution in [0.4, 0.5) is 5.69 Å². The third-order valence-electron chi connectivity index (χ3n) is 6.50. The number of hydrogen-bond donors (Lipinski definition) is 2. The number of benzene rings is 4. The Morgan fingerprint density at radius 1 is 0.865 bits per heavy atom. The van der Waals surface area contributed by atoms with Crippen LogP contribution in [0.25, 0.3) is 21.8 Å². The van der Waals surface area contributed by atoms with Crippen LogP contribution in [0, 0.1) is 6.92 Å². The first-order valence-corrected chi connectivity index (χ1v) is 13.3. The van der Waals surface area contributed by atoms with Gasteiger partial charge in [-0.1, -0.05) is 54.1 Å². The molecule has 0 saturated heterocycles. The Morgan fingerprint density at radius 2 is 1.41 bits per heavy atom. The van der Waals surface area contributed by atoms with Gasteiger partial charge in [0, 0.05) is 27.4 Å². The Balaban J connectivity index is 1.53. The van der Waals surface area contributed by atoms with Crippen molar-refractivity contribution in [1.29, 1.82) is 0 Å². The number of fused-ring (bicyclic) bond motifs is 3. The summed E-state index contributed by atoms with van der Waals surface area (Å²) in [6, 6.07) is 28.5. The first-order chi connectivity index (χ1) is 17.8. The van der Waals surface area contributed by atoms with E-state index in [1.165, 1.54) is 28.6 Å². The zero-order valence-electron chi connectivity index (χ0n) is 20.3. The number of primary amides is 1. The Kier molecular flexibility index (Phi) is 6.45. The number of nitrogens with two attached hydrogens (primary N) is 1. The molecule has 1 amide bonds. The highest BCUT2D eigenvalue weighted by Crippen LogP contribution is 2.30. The number of sulfonamides is 1. The van der Waals surface area contributed by atoms with Gasteiger partial charge in [0.2, 0.25) is 5.91 Å². The summed E-state index contributed by atoms with van der Waals surface area (Å²) in [6.07, 6.45) is -1.03. The van der Waals surface area contributed by atoms with Gasteiger partial charge in [-0.25, -0.2) is 8.42 Å². The van der Waals surface area contributed by atoms with E-state index in [0.29, 0.717) is 5.69 Å². The summed E-state index contributed by atoms with van der Waals surface area (Å²) in [7, 11) is -4.02. The van der Waals surface area contributed by atoms with Gasteiger partial charge in [-0.05, 0) is 55.5 Å². The van der Waals surface area contributed by atoms with Gasteiger partial charge in [0.05, 0.1) is 29.8 Å². The Labute approximate surface area is 215 Å². The fourth-order valence-corrected chi connectivity index (χ4v) is 6.13. The fraction of sp³-hybridized carbons (Fsp3) is 0.138. The van der Waals surface area contributed by atoms with Gasteiger partial charge < -0.3 is 15.4 Å². The van der Waals surface area contributed by atoms with E-state index in [2.05, 4.69) is 0 Å². The molecule has 8 heteroatoms. The molecule has 1 atom stereocenters. The molecule has 7 nitrogen and oxygen atoms in total. The zero-order valence-corrected chi connectivity index (χ0v) is 21.1. The number of aromatic nitrogens is 1. The normalized spacial score (nSPS) is 12.6. The summed E-state index contributed by atoms with van der Waals surface area (Å²) >= 11 is 0. The highest BCUT2D eigenvalue weighted by Gasteiger charge is 2.28. The second-order valence-corrected chi connectivity index (χ2v) is 10.9. The SMILES string of the molecule is Cc1ccc(S(=O)(=O)N(C[C@@H](O)Cn2c3ccccc3c3ccccc32)c2ccc(C(N)=O)cc2)cc1. The van der Waals surface area contributed by atoms with Crippen LogP contribution in [0.1, 0.15) is 15.9 Å². The molecule has 0 bridgehead atoms. The first kappa shape index (κ1) is 24.5. The highest BCUT2D eigenvalue weighted by atomic mass is 32.2. The minimum Gasteiger partial charge on any atom is -0.389 e. The molecule has 1 heterocycles. The number of hydrogen-bond acceptors (Lipinski definition) is 4. The molecule has 0 aliphatic rings. The molecule has 188 valence electrons. The van der Waals surface area contributed by atoms with Gasteiger partial charge in [-0.2, -0.15) is 0 Å². The van der Waals surface area contributed by atoms with Gasteiger partial charge in [-0.3, -0.25) is 9.10 Å². The highest BCUT2D eigenvalue weighted by molar-refractivity contribution is 7.92. The molecule has 0 saturated carbocycles. The second-order valence-electron chi connectivity index (χ2n) is 9.06. The third-order valence-corrected chi connectivity index (χ3v) is 8.31. The monoisotopic (exact) mass is 513 g/mol. The fourth-order valence-electron chi connectivity index (χ4n) is 4.63. The maximum atomic E-state index is 13.7. The van der Waals surface area contributed by atoms with Crippen molar-refractivity contribution in [3.8, 4) is 0 Å². The summed E-state index contributed by atoms with van der Waals surface area (Å²) in [6.45, 7) is 1.88. The molecule has 0 radical (unpaired) electrons. The molecule has 0 unspecified atom stereocenters. The molecule has 4 aromatic carbocycles. The number of carbonyl (C=O) groups is 1. The minimum atomic E-state index is -4.02. The molecule has 0 aliphatic heterocycles. The summed E-state index contributed by atoms with van der Waals surface area (Å²) in [5, 5.41) is 13.4. The standard InChI is InChI=1S/C29H27N3O4S/c1-20-10-16-24(17-11-20)37(35,36)32(22-14-12-21(13-15-22)29(30)34)19-23(33)18-31-27-8-4-2-6-25(27)26-7-3-5-9-28(26)31/h2-17,23,33H,18-19H2,1H3,(H2,30,34)/t23-/m0/s1.